The average Bonchev–Trinajstić information content (AvgIpc) is 2.67. The van der Waals surface area contributed by atoms with Crippen LogP contribution in [-0.4, -0.2) is 26.2 Å². The van der Waals surface area contributed by atoms with Gasteiger partial charge in [0.05, 0.1) is 24.3 Å². The molecule has 2 aromatic carbocycles. The van der Waals surface area contributed by atoms with Gasteiger partial charge in [-0.2, -0.15) is 5.26 Å². The second kappa shape index (κ2) is 7.18. The van der Waals surface area contributed by atoms with Gasteiger partial charge in [0.2, 0.25) is 0 Å². The summed E-state index contributed by atoms with van der Waals surface area (Å²) < 4.78 is 4.84. The molecule has 0 aliphatic carbocycles. The van der Waals surface area contributed by atoms with Gasteiger partial charge in [0, 0.05) is 13.1 Å². The van der Waals surface area contributed by atoms with Crippen LogP contribution in [0.1, 0.15) is 18.4 Å². The van der Waals surface area contributed by atoms with E-state index in [4.69, 9.17) is 4.74 Å². The number of carbonyl (C=O) groups is 1. The van der Waals surface area contributed by atoms with Gasteiger partial charge in [0.1, 0.15) is 6.07 Å². The number of anilines is 1. The van der Waals surface area contributed by atoms with Gasteiger partial charge in [-0.25, -0.2) is 0 Å². The van der Waals surface area contributed by atoms with Crippen molar-refractivity contribution in [1.82, 2.24) is 0 Å². The lowest BCUT2D eigenvalue weighted by Crippen LogP contribution is -2.37. The van der Waals surface area contributed by atoms with Gasteiger partial charge < -0.3 is 9.64 Å². The van der Waals surface area contributed by atoms with E-state index in [1.807, 2.05) is 30.3 Å². The fourth-order valence-corrected chi connectivity index (χ4v) is 3.22. The van der Waals surface area contributed by atoms with E-state index in [2.05, 4.69) is 29.2 Å². The number of hydrogen-bond acceptors (Lipinski definition) is 4. The van der Waals surface area contributed by atoms with Crippen molar-refractivity contribution in [3.05, 3.63) is 54.1 Å². The van der Waals surface area contributed by atoms with Gasteiger partial charge in [0.25, 0.3) is 0 Å². The Hall–Kier alpha value is -2.80. The standard InChI is InChI=1S/C20H20N2O2/c1-24-20(23)16-9-11-22(12-10-16)19-13-17(7-8-18(19)14-21)15-5-3-2-4-6-15/h2-8,13,16H,9-12H2,1H3. The molecule has 1 aliphatic rings. The van der Waals surface area contributed by atoms with Crippen molar-refractivity contribution < 1.29 is 9.53 Å². The molecule has 2 aromatic rings. The van der Waals surface area contributed by atoms with E-state index in [-0.39, 0.29) is 11.9 Å². The third-order valence-electron chi connectivity index (χ3n) is 4.60. The molecule has 3 rings (SSSR count). The first-order chi connectivity index (χ1) is 11.7. The fourth-order valence-electron chi connectivity index (χ4n) is 3.22. The Balaban J connectivity index is 1.85. The van der Waals surface area contributed by atoms with Crippen molar-refractivity contribution in [1.29, 1.82) is 5.26 Å². The number of nitriles is 1. The molecular weight excluding hydrogens is 300 g/mol. The highest BCUT2D eigenvalue weighted by Crippen LogP contribution is 2.31. The molecule has 1 fully saturated rings. The van der Waals surface area contributed by atoms with Crippen LogP contribution in [0, 0.1) is 17.2 Å². The molecule has 0 aromatic heterocycles. The smallest absolute Gasteiger partial charge is 0.308 e. The second-order valence-electron chi connectivity index (χ2n) is 5.99. The van der Waals surface area contributed by atoms with Crippen molar-refractivity contribution in [2.45, 2.75) is 12.8 Å². The summed E-state index contributed by atoms with van der Waals surface area (Å²) in [4.78, 5) is 13.9. The first-order valence-corrected chi connectivity index (χ1v) is 8.15. The fraction of sp³-hybridized carbons (Fsp3) is 0.300. The summed E-state index contributed by atoms with van der Waals surface area (Å²) in [7, 11) is 1.44. The Morgan fingerprint density at radius 1 is 1.12 bits per heavy atom. The highest BCUT2D eigenvalue weighted by atomic mass is 16.5. The Morgan fingerprint density at radius 3 is 2.46 bits per heavy atom. The van der Waals surface area contributed by atoms with Gasteiger partial charge in [-0.3, -0.25) is 4.79 Å². The molecule has 0 unspecified atom stereocenters. The summed E-state index contributed by atoms with van der Waals surface area (Å²) in [6.07, 6.45) is 1.51. The number of hydrogen-bond donors (Lipinski definition) is 0. The number of ether oxygens (including phenoxy) is 1. The Morgan fingerprint density at radius 2 is 1.83 bits per heavy atom. The molecule has 0 N–H and O–H groups in total. The van der Waals surface area contributed by atoms with Crippen molar-refractivity contribution in [2.75, 3.05) is 25.1 Å². The van der Waals surface area contributed by atoms with E-state index in [9.17, 15) is 10.1 Å². The summed E-state index contributed by atoms with van der Waals surface area (Å²) in [5.41, 5.74) is 3.85. The first-order valence-electron chi connectivity index (χ1n) is 8.15. The minimum atomic E-state index is -0.131. The predicted octanol–water partition coefficient (Wildman–Crippen LogP) is 3.61. The number of piperidine rings is 1. The molecule has 1 heterocycles. The number of methoxy groups -OCH3 is 1. The van der Waals surface area contributed by atoms with Gasteiger partial charge in [0.15, 0.2) is 0 Å². The third-order valence-corrected chi connectivity index (χ3v) is 4.60. The van der Waals surface area contributed by atoms with Crippen molar-refractivity contribution in [3.8, 4) is 17.2 Å². The monoisotopic (exact) mass is 320 g/mol. The van der Waals surface area contributed by atoms with E-state index < -0.39 is 0 Å². The molecule has 0 radical (unpaired) electrons. The molecule has 122 valence electrons. The Kier molecular flexibility index (Phi) is 4.81. The number of esters is 1. The van der Waals surface area contributed by atoms with E-state index in [0.29, 0.717) is 5.56 Å². The Bertz CT molecular complexity index is 757. The molecule has 1 saturated heterocycles. The van der Waals surface area contributed by atoms with Crippen LogP contribution in [0.3, 0.4) is 0 Å². The van der Waals surface area contributed by atoms with Crippen LogP contribution in [0.4, 0.5) is 5.69 Å². The van der Waals surface area contributed by atoms with Gasteiger partial charge >= 0.3 is 5.97 Å². The topological polar surface area (TPSA) is 53.3 Å². The first kappa shape index (κ1) is 16.1. The molecule has 0 bridgehead atoms. The quantitative estimate of drug-likeness (QED) is 0.811. The van der Waals surface area contributed by atoms with Gasteiger partial charge in [-0.05, 0) is 36.1 Å². The van der Waals surface area contributed by atoms with Gasteiger partial charge in [-0.1, -0.05) is 36.4 Å². The van der Waals surface area contributed by atoms with Crippen molar-refractivity contribution in [3.63, 3.8) is 0 Å². The molecule has 4 nitrogen and oxygen atoms in total. The maximum absolute atomic E-state index is 11.7. The zero-order valence-corrected chi connectivity index (χ0v) is 13.7. The lowest BCUT2D eigenvalue weighted by Gasteiger charge is -2.33. The van der Waals surface area contributed by atoms with E-state index in [1.54, 1.807) is 0 Å². The highest BCUT2D eigenvalue weighted by Gasteiger charge is 2.26. The van der Waals surface area contributed by atoms with E-state index in [1.165, 1.54) is 7.11 Å². The van der Waals surface area contributed by atoms with Crippen LogP contribution in [0.2, 0.25) is 0 Å². The molecular formula is C20H20N2O2. The minimum Gasteiger partial charge on any atom is -0.469 e. The van der Waals surface area contributed by atoms with Crippen LogP contribution in [0.15, 0.2) is 48.5 Å². The average molecular weight is 320 g/mol. The van der Waals surface area contributed by atoms with Crippen LogP contribution in [-0.2, 0) is 9.53 Å². The minimum absolute atomic E-state index is 0.0332. The Labute approximate surface area is 142 Å². The van der Waals surface area contributed by atoms with Gasteiger partial charge in [-0.15, -0.1) is 0 Å². The lowest BCUT2D eigenvalue weighted by atomic mass is 9.95. The number of benzene rings is 2. The third kappa shape index (κ3) is 3.26. The summed E-state index contributed by atoms with van der Waals surface area (Å²) in [5.74, 6) is -0.165. The summed E-state index contributed by atoms with van der Waals surface area (Å²) >= 11 is 0. The van der Waals surface area contributed by atoms with Crippen LogP contribution in [0.25, 0.3) is 11.1 Å². The molecule has 0 spiro atoms. The predicted molar refractivity (Wildman–Crippen MR) is 93.5 cm³/mol. The molecule has 1 aliphatic heterocycles. The maximum Gasteiger partial charge on any atom is 0.308 e. The number of nitrogens with zero attached hydrogens (tertiary/aromatic N) is 2. The van der Waals surface area contributed by atoms with Crippen LogP contribution >= 0.6 is 0 Å². The van der Waals surface area contributed by atoms with Crippen molar-refractivity contribution >= 4 is 11.7 Å². The second-order valence-corrected chi connectivity index (χ2v) is 5.99. The summed E-state index contributed by atoms with van der Waals surface area (Å²) in [6.45, 7) is 1.51. The number of rotatable bonds is 3. The lowest BCUT2D eigenvalue weighted by molar-refractivity contribution is -0.146. The largest absolute Gasteiger partial charge is 0.469 e. The molecule has 4 heteroatoms. The zero-order valence-electron chi connectivity index (χ0n) is 13.7. The van der Waals surface area contributed by atoms with Crippen LogP contribution < -0.4 is 4.90 Å². The molecule has 0 atom stereocenters. The SMILES string of the molecule is COC(=O)C1CCN(c2cc(-c3ccccc3)ccc2C#N)CC1. The molecule has 0 saturated carbocycles. The van der Waals surface area contributed by atoms with E-state index in [0.717, 1.165) is 42.7 Å². The molecule has 0 amide bonds. The summed E-state index contributed by atoms with van der Waals surface area (Å²) in [6, 6.07) is 18.4. The number of carbonyl (C=O) groups excluding carboxylic acids is 1. The highest BCUT2D eigenvalue weighted by molar-refractivity contribution is 5.74. The zero-order chi connectivity index (χ0) is 16.9. The van der Waals surface area contributed by atoms with E-state index >= 15 is 0 Å². The molecule has 24 heavy (non-hydrogen) atoms. The maximum atomic E-state index is 11.7. The van der Waals surface area contributed by atoms with Crippen LogP contribution in [0.5, 0.6) is 0 Å². The normalized spacial score (nSPS) is 14.9. The summed E-state index contributed by atoms with van der Waals surface area (Å²) in [5, 5.41) is 9.44. The van der Waals surface area contributed by atoms with Crippen molar-refractivity contribution in [2.24, 2.45) is 5.92 Å².